The molecular formula is C15H17NO2. The van der Waals surface area contributed by atoms with Gasteiger partial charge in [-0.2, -0.15) is 0 Å². The van der Waals surface area contributed by atoms with Gasteiger partial charge in [0.25, 0.3) is 0 Å². The molecule has 0 amide bonds. The lowest BCUT2D eigenvalue weighted by molar-refractivity contribution is 0.0985. The number of nitrogens with zero attached hydrogens (tertiary/aromatic N) is 1. The van der Waals surface area contributed by atoms with Crippen molar-refractivity contribution >= 4 is 0 Å². The van der Waals surface area contributed by atoms with Gasteiger partial charge in [-0.05, 0) is 31.5 Å². The Labute approximate surface area is 107 Å². The first-order chi connectivity index (χ1) is 8.55. The molecule has 0 saturated carbocycles. The fourth-order valence-electron chi connectivity index (χ4n) is 2.02. The molecule has 1 heterocycles. The smallest absolute Gasteiger partial charge is 0.125 e. The zero-order valence-electron chi connectivity index (χ0n) is 10.8. The lowest BCUT2D eigenvalue weighted by Gasteiger charge is -2.26. The number of ether oxygens (including phenoxy) is 1. The minimum atomic E-state index is -1.12. The van der Waals surface area contributed by atoms with Crippen LogP contribution < -0.4 is 4.74 Å². The third-order valence-corrected chi connectivity index (χ3v) is 3.07. The summed E-state index contributed by atoms with van der Waals surface area (Å²) in [6.45, 7) is 3.70. The van der Waals surface area contributed by atoms with E-state index >= 15 is 0 Å². The number of rotatable bonds is 3. The van der Waals surface area contributed by atoms with E-state index < -0.39 is 5.60 Å². The first-order valence-corrected chi connectivity index (χ1v) is 5.83. The number of methoxy groups -OCH3 is 1. The molecule has 1 aromatic carbocycles. The van der Waals surface area contributed by atoms with Crippen molar-refractivity contribution in [1.29, 1.82) is 0 Å². The molecule has 2 rings (SSSR count). The summed E-state index contributed by atoms with van der Waals surface area (Å²) in [4.78, 5) is 4.13. The van der Waals surface area contributed by atoms with Gasteiger partial charge in [0.2, 0.25) is 0 Å². The standard InChI is InChI=1S/C15H17NO2/c1-11-8-12(10-16-9-11)15(2,17)13-6-4-5-7-14(13)18-3/h4-10,17H,1-3H3. The van der Waals surface area contributed by atoms with Gasteiger partial charge in [-0.25, -0.2) is 0 Å². The molecule has 1 unspecified atom stereocenters. The SMILES string of the molecule is COc1ccccc1C(C)(O)c1cncc(C)c1. The molecule has 1 atom stereocenters. The third kappa shape index (κ3) is 2.22. The number of hydrogen-bond acceptors (Lipinski definition) is 3. The molecule has 2 aromatic rings. The fourth-order valence-corrected chi connectivity index (χ4v) is 2.02. The van der Waals surface area contributed by atoms with Crippen molar-refractivity contribution < 1.29 is 9.84 Å². The van der Waals surface area contributed by atoms with Crippen LogP contribution in [-0.4, -0.2) is 17.2 Å². The number of aromatic nitrogens is 1. The zero-order chi connectivity index (χ0) is 13.2. The molecule has 0 saturated heterocycles. The van der Waals surface area contributed by atoms with Gasteiger partial charge < -0.3 is 9.84 Å². The van der Waals surface area contributed by atoms with E-state index in [0.29, 0.717) is 5.75 Å². The Morgan fingerprint density at radius 3 is 2.61 bits per heavy atom. The summed E-state index contributed by atoms with van der Waals surface area (Å²) in [7, 11) is 1.60. The molecule has 0 fully saturated rings. The van der Waals surface area contributed by atoms with Gasteiger partial charge >= 0.3 is 0 Å². The van der Waals surface area contributed by atoms with Crippen LogP contribution in [0.2, 0.25) is 0 Å². The van der Waals surface area contributed by atoms with Gasteiger partial charge in [-0.3, -0.25) is 4.98 Å². The first-order valence-electron chi connectivity index (χ1n) is 5.83. The van der Waals surface area contributed by atoms with Crippen LogP contribution in [0.15, 0.2) is 42.7 Å². The van der Waals surface area contributed by atoms with Crippen molar-refractivity contribution in [2.24, 2.45) is 0 Å². The van der Waals surface area contributed by atoms with Crippen LogP contribution >= 0.6 is 0 Å². The summed E-state index contributed by atoms with van der Waals surface area (Å²) in [5.74, 6) is 0.670. The Morgan fingerprint density at radius 1 is 1.22 bits per heavy atom. The Bertz CT molecular complexity index is 550. The van der Waals surface area contributed by atoms with E-state index in [1.165, 1.54) is 0 Å². The van der Waals surface area contributed by atoms with Crippen molar-refractivity contribution in [3.8, 4) is 5.75 Å². The van der Waals surface area contributed by atoms with Crippen molar-refractivity contribution in [1.82, 2.24) is 4.98 Å². The number of benzene rings is 1. The topological polar surface area (TPSA) is 42.4 Å². The number of para-hydroxylation sites is 1. The van der Waals surface area contributed by atoms with Crippen LogP contribution in [0.4, 0.5) is 0 Å². The minimum absolute atomic E-state index is 0.670. The van der Waals surface area contributed by atoms with Gasteiger partial charge in [-0.1, -0.05) is 18.2 Å². The molecule has 1 N–H and O–H groups in total. The summed E-state index contributed by atoms with van der Waals surface area (Å²) in [5.41, 5.74) is 1.39. The predicted octanol–water partition coefficient (Wildman–Crippen LogP) is 2.65. The minimum Gasteiger partial charge on any atom is -0.496 e. The second-order valence-electron chi connectivity index (χ2n) is 4.52. The zero-order valence-corrected chi connectivity index (χ0v) is 10.8. The van der Waals surface area contributed by atoms with E-state index in [1.807, 2.05) is 37.3 Å². The van der Waals surface area contributed by atoms with Crippen LogP contribution in [0.3, 0.4) is 0 Å². The largest absolute Gasteiger partial charge is 0.496 e. The average Bonchev–Trinajstić information content (AvgIpc) is 2.38. The van der Waals surface area contributed by atoms with Gasteiger partial charge in [0.15, 0.2) is 0 Å². The lowest BCUT2D eigenvalue weighted by atomic mass is 9.88. The van der Waals surface area contributed by atoms with E-state index in [0.717, 1.165) is 16.7 Å². The fraction of sp³-hybridized carbons (Fsp3) is 0.267. The molecule has 3 heteroatoms. The second kappa shape index (κ2) is 4.78. The molecule has 0 aliphatic rings. The number of pyridine rings is 1. The van der Waals surface area contributed by atoms with Crippen molar-refractivity contribution in [3.05, 3.63) is 59.4 Å². The van der Waals surface area contributed by atoms with Crippen LogP contribution in [-0.2, 0) is 5.60 Å². The highest BCUT2D eigenvalue weighted by Gasteiger charge is 2.29. The van der Waals surface area contributed by atoms with E-state index in [-0.39, 0.29) is 0 Å². The quantitative estimate of drug-likeness (QED) is 0.901. The number of aliphatic hydroxyl groups is 1. The van der Waals surface area contributed by atoms with Crippen LogP contribution in [0.25, 0.3) is 0 Å². The Balaban J connectivity index is 2.54. The summed E-state index contributed by atoms with van der Waals surface area (Å²) in [6.07, 6.45) is 3.45. The molecular weight excluding hydrogens is 226 g/mol. The monoisotopic (exact) mass is 243 g/mol. The maximum absolute atomic E-state index is 10.8. The summed E-state index contributed by atoms with van der Waals surface area (Å²) in [5, 5.41) is 10.8. The van der Waals surface area contributed by atoms with E-state index in [9.17, 15) is 5.11 Å². The normalized spacial score (nSPS) is 14.0. The molecule has 0 aliphatic heterocycles. The molecule has 0 spiro atoms. The molecule has 0 bridgehead atoms. The second-order valence-corrected chi connectivity index (χ2v) is 4.52. The summed E-state index contributed by atoms with van der Waals surface area (Å²) < 4.78 is 5.30. The molecule has 94 valence electrons. The highest BCUT2D eigenvalue weighted by Crippen LogP contribution is 2.34. The third-order valence-electron chi connectivity index (χ3n) is 3.07. The average molecular weight is 243 g/mol. The number of aryl methyl sites for hydroxylation is 1. The Morgan fingerprint density at radius 2 is 1.94 bits per heavy atom. The van der Waals surface area contributed by atoms with E-state index in [1.54, 1.807) is 26.4 Å². The maximum Gasteiger partial charge on any atom is 0.125 e. The van der Waals surface area contributed by atoms with Crippen molar-refractivity contribution in [2.75, 3.05) is 7.11 Å². The van der Waals surface area contributed by atoms with Gasteiger partial charge in [-0.15, -0.1) is 0 Å². The van der Waals surface area contributed by atoms with Crippen LogP contribution in [0, 0.1) is 6.92 Å². The number of hydrogen-bond donors (Lipinski definition) is 1. The molecule has 0 aliphatic carbocycles. The van der Waals surface area contributed by atoms with Crippen LogP contribution in [0.5, 0.6) is 5.75 Å². The predicted molar refractivity (Wildman–Crippen MR) is 70.6 cm³/mol. The highest BCUT2D eigenvalue weighted by molar-refractivity contribution is 5.43. The van der Waals surface area contributed by atoms with Gasteiger partial charge in [0, 0.05) is 23.5 Å². The molecule has 18 heavy (non-hydrogen) atoms. The lowest BCUT2D eigenvalue weighted by Crippen LogP contribution is -2.23. The van der Waals surface area contributed by atoms with Crippen molar-refractivity contribution in [3.63, 3.8) is 0 Å². The Kier molecular flexibility index (Phi) is 3.34. The van der Waals surface area contributed by atoms with Gasteiger partial charge in [0.1, 0.15) is 11.4 Å². The Hall–Kier alpha value is -1.87. The molecule has 0 radical (unpaired) electrons. The molecule has 3 nitrogen and oxygen atoms in total. The van der Waals surface area contributed by atoms with E-state index in [2.05, 4.69) is 4.98 Å². The first kappa shape index (κ1) is 12.6. The summed E-state index contributed by atoms with van der Waals surface area (Å²) >= 11 is 0. The summed E-state index contributed by atoms with van der Waals surface area (Å²) in [6, 6.07) is 9.40. The highest BCUT2D eigenvalue weighted by atomic mass is 16.5. The van der Waals surface area contributed by atoms with Crippen molar-refractivity contribution in [2.45, 2.75) is 19.4 Å². The van der Waals surface area contributed by atoms with Crippen LogP contribution in [0.1, 0.15) is 23.6 Å². The van der Waals surface area contributed by atoms with Gasteiger partial charge in [0.05, 0.1) is 7.11 Å². The van der Waals surface area contributed by atoms with E-state index in [4.69, 9.17) is 4.74 Å². The molecule has 1 aromatic heterocycles. The maximum atomic E-state index is 10.8.